The van der Waals surface area contributed by atoms with Gasteiger partial charge in [-0.15, -0.1) is 24.0 Å². The summed E-state index contributed by atoms with van der Waals surface area (Å²) in [6.07, 6.45) is 3.14. The Balaban J connectivity index is 0.00000420. The fraction of sp³-hybridized carbons (Fsp3) is 0.611. The summed E-state index contributed by atoms with van der Waals surface area (Å²) in [7, 11) is -1.88. The molecule has 1 saturated heterocycles. The van der Waals surface area contributed by atoms with Crippen LogP contribution in [0.2, 0.25) is 0 Å². The van der Waals surface area contributed by atoms with Crippen molar-refractivity contribution in [3.63, 3.8) is 0 Å². The molecule has 0 saturated carbocycles. The van der Waals surface area contributed by atoms with Crippen molar-refractivity contribution < 1.29 is 21.9 Å². The van der Waals surface area contributed by atoms with Gasteiger partial charge in [-0.3, -0.25) is 4.99 Å². The molecule has 1 aliphatic rings. The highest BCUT2D eigenvalue weighted by Crippen LogP contribution is 2.12. The number of benzene rings is 1. The first kappa shape index (κ1) is 26.0. The molecule has 166 valence electrons. The minimum absolute atomic E-state index is 0. The van der Waals surface area contributed by atoms with E-state index in [4.69, 9.17) is 4.74 Å². The molecule has 0 amide bonds. The zero-order chi connectivity index (χ0) is 20.4. The highest BCUT2D eigenvalue weighted by molar-refractivity contribution is 14.0. The van der Waals surface area contributed by atoms with Gasteiger partial charge in [-0.25, -0.2) is 21.9 Å². The number of sulfonamides is 1. The summed E-state index contributed by atoms with van der Waals surface area (Å²) in [5, 5.41) is 5.85. The van der Waals surface area contributed by atoms with Crippen LogP contribution in [0.25, 0.3) is 0 Å². The van der Waals surface area contributed by atoms with Gasteiger partial charge in [0.15, 0.2) is 5.96 Å². The van der Waals surface area contributed by atoms with Gasteiger partial charge in [-0.05, 0) is 49.4 Å². The zero-order valence-corrected chi connectivity index (χ0v) is 19.6. The van der Waals surface area contributed by atoms with E-state index in [0.717, 1.165) is 37.5 Å². The number of ether oxygens (including phenoxy) is 1. The van der Waals surface area contributed by atoms with Gasteiger partial charge in [-0.2, -0.15) is 0 Å². The number of nitrogens with zero attached hydrogens (tertiary/aromatic N) is 1. The summed E-state index contributed by atoms with van der Waals surface area (Å²) < 4.78 is 59.0. The van der Waals surface area contributed by atoms with Crippen LogP contribution in [-0.2, 0) is 21.2 Å². The van der Waals surface area contributed by atoms with Crippen LogP contribution in [0.3, 0.4) is 0 Å². The average Bonchev–Trinajstić information content (AvgIpc) is 2.68. The molecule has 7 nitrogen and oxygen atoms in total. The van der Waals surface area contributed by atoms with Crippen molar-refractivity contribution in [1.82, 2.24) is 15.4 Å². The van der Waals surface area contributed by atoms with Gasteiger partial charge >= 0.3 is 0 Å². The molecule has 3 N–H and O–H groups in total. The third-order valence-electron chi connectivity index (χ3n) is 4.39. The highest BCUT2D eigenvalue weighted by atomic mass is 127. The first-order valence-electron chi connectivity index (χ1n) is 9.37. The van der Waals surface area contributed by atoms with Crippen molar-refractivity contribution in [2.24, 2.45) is 4.99 Å². The number of aliphatic imine (C=N–C) groups is 1. The summed E-state index contributed by atoms with van der Waals surface area (Å²) in [5.74, 6) is -0.679. The minimum Gasteiger partial charge on any atom is -0.377 e. The van der Waals surface area contributed by atoms with Gasteiger partial charge < -0.3 is 15.4 Å². The third-order valence-corrected chi connectivity index (χ3v) is 5.73. The fourth-order valence-corrected chi connectivity index (χ4v) is 3.79. The van der Waals surface area contributed by atoms with Gasteiger partial charge in [0.1, 0.15) is 11.6 Å². The highest BCUT2D eigenvalue weighted by Gasteiger charge is 2.17. The number of guanidine groups is 1. The maximum absolute atomic E-state index is 13.6. The second kappa shape index (κ2) is 13.3. The van der Waals surface area contributed by atoms with Crippen LogP contribution in [0, 0.1) is 11.6 Å². The lowest BCUT2D eigenvalue weighted by Crippen LogP contribution is -2.43. The van der Waals surface area contributed by atoms with Crippen molar-refractivity contribution in [2.45, 2.75) is 31.8 Å². The molecule has 1 unspecified atom stereocenters. The lowest BCUT2D eigenvalue weighted by molar-refractivity contribution is 0.0200. The van der Waals surface area contributed by atoms with Crippen molar-refractivity contribution in [1.29, 1.82) is 0 Å². The van der Waals surface area contributed by atoms with Gasteiger partial charge in [0.25, 0.3) is 0 Å². The summed E-state index contributed by atoms with van der Waals surface area (Å²) in [4.78, 5) is 3.99. The fourth-order valence-electron chi connectivity index (χ4n) is 2.84. The van der Waals surface area contributed by atoms with E-state index >= 15 is 0 Å². The molecule has 1 aliphatic heterocycles. The lowest BCUT2D eigenvalue weighted by Gasteiger charge is -2.22. The van der Waals surface area contributed by atoms with Crippen LogP contribution >= 0.6 is 24.0 Å². The van der Waals surface area contributed by atoms with Gasteiger partial charge in [0.2, 0.25) is 10.0 Å². The Hall–Kier alpha value is -1.05. The monoisotopic (exact) mass is 546 g/mol. The van der Waals surface area contributed by atoms with E-state index in [0.29, 0.717) is 19.1 Å². The number of rotatable bonds is 9. The Kier molecular flexibility index (Phi) is 11.9. The van der Waals surface area contributed by atoms with E-state index in [1.165, 1.54) is 0 Å². The molecule has 0 radical (unpaired) electrons. The quantitative estimate of drug-likeness (QED) is 0.250. The Morgan fingerprint density at radius 3 is 2.69 bits per heavy atom. The van der Waals surface area contributed by atoms with Crippen LogP contribution in [0.4, 0.5) is 8.78 Å². The van der Waals surface area contributed by atoms with E-state index < -0.39 is 21.7 Å². The van der Waals surface area contributed by atoms with Crippen LogP contribution in [0.5, 0.6) is 0 Å². The van der Waals surface area contributed by atoms with E-state index in [9.17, 15) is 17.2 Å². The molecule has 0 spiro atoms. The normalized spacial score (nSPS) is 17.5. The number of hydrogen-bond donors (Lipinski definition) is 3. The predicted octanol–water partition coefficient (Wildman–Crippen LogP) is 1.78. The first-order valence-corrected chi connectivity index (χ1v) is 11.0. The van der Waals surface area contributed by atoms with E-state index in [1.54, 1.807) is 7.05 Å². The van der Waals surface area contributed by atoms with E-state index in [2.05, 4.69) is 20.3 Å². The first-order chi connectivity index (χ1) is 13.4. The topological polar surface area (TPSA) is 91.8 Å². The van der Waals surface area contributed by atoms with Crippen LogP contribution < -0.4 is 15.4 Å². The third kappa shape index (κ3) is 10.0. The van der Waals surface area contributed by atoms with Crippen LogP contribution in [0.1, 0.15) is 24.8 Å². The summed E-state index contributed by atoms with van der Waals surface area (Å²) in [5.41, 5.74) is 0.264. The van der Waals surface area contributed by atoms with Crippen molar-refractivity contribution >= 4 is 40.0 Å². The van der Waals surface area contributed by atoms with Crippen molar-refractivity contribution in [3.05, 3.63) is 35.4 Å². The van der Waals surface area contributed by atoms with Gasteiger partial charge in [-0.1, -0.05) is 0 Å². The van der Waals surface area contributed by atoms with E-state index in [-0.39, 0.29) is 60.9 Å². The molecule has 2 rings (SSSR count). The summed E-state index contributed by atoms with van der Waals surface area (Å²) in [6, 6.07) is 3.32. The molecule has 29 heavy (non-hydrogen) atoms. The molecule has 0 aromatic heterocycles. The SMILES string of the molecule is CN=C(NCCc1cc(F)ccc1F)NCCS(=O)(=O)NCC1CCCCO1.I. The smallest absolute Gasteiger partial charge is 0.213 e. The number of nitrogens with one attached hydrogen (secondary N) is 3. The maximum Gasteiger partial charge on any atom is 0.213 e. The molecular weight excluding hydrogens is 517 g/mol. The molecular formula is C18H29F2IN4O3S. The zero-order valence-electron chi connectivity index (χ0n) is 16.4. The van der Waals surface area contributed by atoms with E-state index in [1.807, 2.05) is 0 Å². The molecule has 1 atom stereocenters. The Morgan fingerprint density at radius 2 is 2.00 bits per heavy atom. The molecule has 1 aromatic carbocycles. The predicted molar refractivity (Wildman–Crippen MR) is 120 cm³/mol. The Bertz CT molecular complexity index is 759. The molecule has 1 fully saturated rings. The second-order valence-corrected chi connectivity index (χ2v) is 8.49. The number of halogens is 3. The van der Waals surface area contributed by atoms with Gasteiger partial charge in [0.05, 0.1) is 11.9 Å². The average molecular weight is 546 g/mol. The summed E-state index contributed by atoms with van der Waals surface area (Å²) in [6.45, 7) is 1.45. The Labute approximate surface area is 188 Å². The lowest BCUT2D eigenvalue weighted by atomic mass is 10.1. The molecule has 0 aliphatic carbocycles. The molecule has 1 heterocycles. The number of hydrogen-bond acceptors (Lipinski definition) is 4. The van der Waals surface area contributed by atoms with Gasteiger partial charge in [0, 0.05) is 33.3 Å². The van der Waals surface area contributed by atoms with Crippen molar-refractivity contribution in [3.8, 4) is 0 Å². The second-order valence-electron chi connectivity index (χ2n) is 6.57. The molecule has 11 heteroatoms. The summed E-state index contributed by atoms with van der Waals surface area (Å²) >= 11 is 0. The minimum atomic E-state index is -3.43. The molecule has 0 bridgehead atoms. The molecule has 1 aromatic rings. The standard InChI is InChI=1S/C18H28F2N4O3S.HI/c1-21-18(22-8-7-14-12-15(19)5-6-17(14)20)23-9-11-28(25,26)24-13-16-4-2-3-10-27-16;/h5-6,12,16,24H,2-4,7-11,13H2,1H3,(H2,21,22,23);1H. The van der Waals surface area contributed by atoms with Crippen LogP contribution in [-0.4, -0.2) is 59.5 Å². The largest absolute Gasteiger partial charge is 0.377 e. The van der Waals surface area contributed by atoms with Crippen LogP contribution in [0.15, 0.2) is 23.2 Å². The van der Waals surface area contributed by atoms with Crippen molar-refractivity contribution in [2.75, 3.05) is 39.0 Å². The Morgan fingerprint density at radius 1 is 1.24 bits per heavy atom. The maximum atomic E-state index is 13.6.